The van der Waals surface area contributed by atoms with Gasteiger partial charge in [-0.3, -0.25) is 4.79 Å². The van der Waals surface area contributed by atoms with Crippen LogP contribution in [-0.4, -0.2) is 22.4 Å². The number of aliphatic carboxylic acids is 1. The number of alkyl halides is 3. The van der Waals surface area contributed by atoms with Gasteiger partial charge in [0.2, 0.25) is 0 Å². The van der Waals surface area contributed by atoms with Gasteiger partial charge in [0.15, 0.2) is 5.75 Å². The number of nitrogens with zero attached hydrogens (tertiary/aromatic N) is 2. The van der Waals surface area contributed by atoms with Gasteiger partial charge in [-0.2, -0.15) is 5.26 Å². The molecule has 0 saturated heterocycles. The van der Waals surface area contributed by atoms with Crippen LogP contribution in [0.4, 0.5) is 19.0 Å². The second-order valence-electron chi connectivity index (χ2n) is 3.09. The van der Waals surface area contributed by atoms with Crippen LogP contribution in [0.25, 0.3) is 0 Å². The van der Waals surface area contributed by atoms with Crippen LogP contribution in [0, 0.1) is 11.3 Å². The number of halogens is 3. The first-order valence-electron chi connectivity index (χ1n) is 4.39. The lowest BCUT2D eigenvalue weighted by atomic mass is 10.1. The fourth-order valence-electron chi connectivity index (χ4n) is 1.20. The Bertz CT molecular complexity index is 522. The standard InChI is InChI=1S/C9H6F3N3O3/c10-9(11,12)18-6-3-15-8(14)4(1-7(16)17)5(6)2-13/h3H,1H2,(H2,14,15)(H,16,17). The number of carboxylic acids is 1. The van der Waals surface area contributed by atoms with Gasteiger partial charge >= 0.3 is 12.3 Å². The molecule has 1 rings (SSSR count). The average Bonchev–Trinajstić information content (AvgIpc) is 2.20. The van der Waals surface area contributed by atoms with Gasteiger partial charge in [0.25, 0.3) is 0 Å². The van der Waals surface area contributed by atoms with Crippen LogP contribution in [0.5, 0.6) is 5.75 Å². The van der Waals surface area contributed by atoms with Gasteiger partial charge in [0, 0.05) is 5.56 Å². The van der Waals surface area contributed by atoms with E-state index in [0.717, 1.165) is 0 Å². The number of anilines is 1. The Morgan fingerprint density at radius 3 is 2.67 bits per heavy atom. The normalized spacial score (nSPS) is 10.8. The summed E-state index contributed by atoms with van der Waals surface area (Å²) in [6.07, 6.45) is -5.12. The predicted molar refractivity (Wildman–Crippen MR) is 51.4 cm³/mol. The number of hydrogen-bond acceptors (Lipinski definition) is 5. The van der Waals surface area contributed by atoms with Crippen molar-refractivity contribution in [2.75, 3.05) is 5.73 Å². The molecule has 0 amide bonds. The van der Waals surface area contributed by atoms with Crippen molar-refractivity contribution in [2.45, 2.75) is 12.8 Å². The van der Waals surface area contributed by atoms with Gasteiger partial charge in [0.05, 0.1) is 12.6 Å². The van der Waals surface area contributed by atoms with Crippen LogP contribution in [0.3, 0.4) is 0 Å². The molecule has 1 aromatic rings. The minimum absolute atomic E-state index is 0.313. The zero-order valence-electron chi connectivity index (χ0n) is 8.65. The summed E-state index contributed by atoms with van der Waals surface area (Å²) in [4.78, 5) is 13.9. The fraction of sp³-hybridized carbons (Fsp3) is 0.222. The zero-order valence-corrected chi connectivity index (χ0v) is 8.65. The van der Waals surface area contributed by atoms with Crippen LogP contribution in [0.2, 0.25) is 0 Å². The van der Waals surface area contributed by atoms with Crippen molar-refractivity contribution in [3.8, 4) is 11.8 Å². The van der Waals surface area contributed by atoms with E-state index >= 15 is 0 Å². The van der Waals surface area contributed by atoms with Gasteiger partial charge in [-0.15, -0.1) is 13.2 Å². The zero-order chi connectivity index (χ0) is 13.9. The van der Waals surface area contributed by atoms with Crippen molar-refractivity contribution in [3.63, 3.8) is 0 Å². The number of rotatable bonds is 3. The Labute approximate surface area is 98.4 Å². The molecular weight excluding hydrogens is 255 g/mol. The number of nitrogens with two attached hydrogens (primary N) is 1. The Morgan fingerprint density at radius 1 is 1.61 bits per heavy atom. The van der Waals surface area contributed by atoms with Crippen molar-refractivity contribution < 1.29 is 27.8 Å². The first-order valence-corrected chi connectivity index (χ1v) is 4.39. The van der Waals surface area contributed by atoms with Crippen molar-refractivity contribution in [1.29, 1.82) is 5.26 Å². The van der Waals surface area contributed by atoms with Gasteiger partial charge < -0.3 is 15.6 Å². The number of ether oxygens (including phenoxy) is 1. The van der Waals surface area contributed by atoms with Gasteiger partial charge in [-0.1, -0.05) is 0 Å². The number of pyridine rings is 1. The first kappa shape index (κ1) is 13.6. The summed E-state index contributed by atoms with van der Waals surface area (Å²) < 4.78 is 39.7. The van der Waals surface area contributed by atoms with Crippen LogP contribution in [0.15, 0.2) is 6.20 Å². The van der Waals surface area contributed by atoms with E-state index in [1.807, 2.05) is 0 Å². The van der Waals surface area contributed by atoms with E-state index in [1.165, 1.54) is 6.07 Å². The largest absolute Gasteiger partial charge is 0.573 e. The van der Waals surface area contributed by atoms with E-state index in [9.17, 15) is 18.0 Å². The molecule has 0 atom stereocenters. The highest BCUT2D eigenvalue weighted by Gasteiger charge is 2.33. The minimum atomic E-state index is -5.01. The van der Waals surface area contributed by atoms with Crippen molar-refractivity contribution in [2.24, 2.45) is 0 Å². The lowest BCUT2D eigenvalue weighted by molar-refractivity contribution is -0.274. The molecule has 0 saturated carbocycles. The number of aromatic nitrogens is 1. The first-order chi connectivity index (χ1) is 8.24. The topological polar surface area (TPSA) is 109 Å². The second-order valence-corrected chi connectivity index (χ2v) is 3.09. The molecule has 0 aliphatic rings. The summed E-state index contributed by atoms with van der Waals surface area (Å²) in [5, 5.41) is 17.3. The Balaban J connectivity index is 3.30. The Morgan fingerprint density at radius 2 is 2.22 bits per heavy atom. The summed E-state index contributed by atoms with van der Waals surface area (Å²) in [5.74, 6) is -2.57. The number of carbonyl (C=O) groups is 1. The molecule has 0 aliphatic heterocycles. The maximum absolute atomic E-state index is 12.0. The lowest BCUT2D eigenvalue weighted by Gasteiger charge is -2.12. The highest BCUT2D eigenvalue weighted by Crippen LogP contribution is 2.29. The third-order valence-corrected chi connectivity index (χ3v) is 1.84. The van der Waals surface area contributed by atoms with Crippen molar-refractivity contribution in [1.82, 2.24) is 4.98 Å². The molecule has 0 bridgehead atoms. The minimum Gasteiger partial charge on any atom is -0.481 e. The summed E-state index contributed by atoms with van der Waals surface area (Å²) in [6.45, 7) is 0. The summed E-state index contributed by atoms with van der Waals surface area (Å²) in [6, 6.07) is 1.42. The monoisotopic (exact) mass is 261 g/mol. The SMILES string of the molecule is N#Cc1c(OC(F)(F)F)cnc(N)c1CC(=O)O. The molecule has 0 radical (unpaired) electrons. The van der Waals surface area contributed by atoms with E-state index in [4.69, 9.17) is 16.1 Å². The van der Waals surface area contributed by atoms with E-state index in [2.05, 4.69) is 9.72 Å². The van der Waals surface area contributed by atoms with Crippen LogP contribution in [-0.2, 0) is 11.2 Å². The molecule has 0 spiro atoms. The van der Waals surface area contributed by atoms with Gasteiger partial charge in [-0.25, -0.2) is 4.98 Å². The molecule has 9 heteroatoms. The summed E-state index contributed by atoms with van der Waals surface area (Å²) in [7, 11) is 0. The molecule has 18 heavy (non-hydrogen) atoms. The lowest BCUT2D eigenvalue weighted by Crippen LogP contribution is -2.19. The van der Waals surface area contributed by atoms with E-state index < -0.39 is 30.1 Å². The third kappa shape index (κ3) is 3.24. The molecule has 3 N–H and O–H groups in total. The highest BCUT2D eigenvalue weighted by atomic mass is 19.4. The highest BCUT2D eigenvalue weighted by molar-refractivity contribution is 5.74. The van der Waals surface area contributed by atoms with E-state index in [1.54, 1.807) is 0 Å². The Kier molecular flexibility index (Phi) is 3.61. The molecular formula is C9H6F3N3O3. The number of carboxylic acid groups (broad SMARTS) is 1. The molecule has 1 heterocycles. The van der Waals surface area contributed by atoms with Crippen LogP contribution < -0.4 is 10.5 Å². The molecule has 0 aliphatic carbocycles. The summed E-state index contributed by atoms with van der Waals surface area (Å²) >= 11 is 0. The maximum Gasteiger partial charge on any atom is 0.573 e. The van der Waals surface area contributed by atoms with Gasteiger partial charge in [-0.05, 0) is 0 Å². The third-order valence-electron chi connectivity index (χ3n) is 1.84. The summed E-state index contributed by atoms with van der Waals surface area (Å²) in [5.41, 5.74) is 4.41. The molecule has 0 fully saturated rings. The molecule has 1 aromatic heterocycles. The smallest absolute Gasteiger partial charge is 0.481 e. The fourth-order valence-corrected chi connectivity index (χ4v) is 1.20. The van der Waals surface area contributed by atoms with Crippen LogP contribution >= 0.6 is 0 Å². The van der Waals surface area contributed by atoms with Crippen LogP contribution in [0.1, 0.15) is 11.1 Å². The average molecular weight is 261 g/mol. The maximum atomic E-state index is 12.0. The number of nitrogen functional groups attached to an aromatic ring is 1. The van der Waals surface area contributed by atoms with E-state index in [0.29, 0.717) is 6.20 Å². The number of nitriles is 1. The molecule has 6 nitrogen and oxygen atoms in total. The van der Waals surface area contributed by atoms with Gasteiger partial charge in [0.1, 0.15) is 17.5 Å². The molecule has 0 aromatic carbocycles. The van der Waals surface area contributed by atoms with E-state index in [-0.39, 0.29) is 11.4 Å². The molecule has 0 unspecified atom stereocenters. The molecule has 96 valence electrons. The van der Waals surface area contributed by atoms with Crippen molar-refractivity contribution >= 4 is 11.8 Å². The van der Waals surface area contributed by atoms with Crippen molar-refractivity contribution in [3.05, 3.63) is 17.3 Å². The Hall–Kier alpha value is -2.50. The number of hydrogen-bond donors (Lipinski definition) is 2. The second kappa shape index (κ2) is 4.79. The quantitative estimate of drug-likeness (QED) is 0.841. The predicted octanol–water partition coefficient (Wildman–Crippen LogP) is 1.06.